The molecule has 2 aromatic carbocycles. The summed E-state index contributed by atoms with van der Waals surface area (Å²) < 4.78 is 19.0. The largest absolute Gasteiger partial charge is 0.455 e. The Morgan fingerprint density at radius 2 is 1.90 bits per heavy atom. The molecule has 0 spiro atoms. The van der Waals surface area contributed by atoms with E-state index in [4.69, 9.17) is 16.3 Å². The average molecular weight is 308 g/mol. The van der Waals surface area contributed by atoms with Crippen molar-refractivity contribution in [2.75, 3.05) is 0 Å². The second-order valence-corrected chi connectivity index (χ2v) is 5.72. The van der Waals surface area contributed by atoms with Gasteiger partial charge in [-0.1, -0.05) is 37.6 Å². The van der Waals surface area contributed by atoms with Gasteiger partial charge in [0.15, 0.2) is 0 Å². The number of hydrogen-bond donors (Lipinski definition) is 1. The number of ether oxygens (including phenoxy) is 1. The van der Waals surface area contributed by atoms with Crippen LogP contribution in [0.4, 0.5) is 4.39 Å². The normalized spacial score (nSPS) is 11.0. The first-order chi connectivity index (χ1) is 9.95. The SMILES string of the molecule is Cc1ccc(F)cc1Oc1ccc(CNC(C)C)cc1Cl. The zero-order valence-electron chi connectivity index (χ0n) is 12.4. The van der Waals surface area contributed by atoms with Crippen LogP contribution in [0.2, 0.25) is 5.02 Å². The first kappa shape index (κ1) is 15.8. The molecule has 112 valence electrons. The third-order valence-corrected chi connectivity index (χ3v) is 3.38. The molecule has 0 radical (unpaired) electrons. The summed E-state index contributed by atoms with van der Waals surface area (Å²) in [4.78, 5) is 0. The summed E-state index contributed by atoms with van der Waals surface area (Å²) in [5.41, 5.74) is 1.94. The van der Waals surface area contributed by atoms with Crippen LogP contribution < -0.4 is 10.1 Å². The van der Waals surface area contributed by atoms with Gasteiger partial charge >= 0.3 is 0 Å². The van der Waals surface area contributed by atoms with Crippen molar-refractivity contribution in [3.63, 3.8) is 0 Å². The van der Waals surface area contributed by atoms with Gasteiger partial charge in [0, 0.05) is 18.7 Å². The van der Waals surface area contributed by atoms with E-state index >= 15 is 0 Å². The highest BCUT2D eigenvalue weighted by Crippen LogP contribution is 2.32. The van der Waals surface area contributed by atoms with E-state index in [9.17, 15) is 4.39 Å². The van der Waals surface area contributed by atoms with E-state index in [2.05, 4.69) is 19.2 Å². The monoisotopic (exact) mass is 307 g/mol. The van der Waals surface area contributed by atoms with Crippen molar-refractivity contribution in [2.45, 2.75) is 33.4 Å². The van der Waals surface area contributed by atoms with Crippen LogP contribution in [0.15, 0.2) is 36.4 Å². The van der Waals surface area contributed by atoms with Crippen LogP contribution in [0, 0.1) is 12.7 Å². The van der Waals surface area contributed by atoms with Crippen LogP contribution in [0.3, 0.4) is 0 Å². The van der Waals surface area contributed by atoms with Gasteiger partial charge in [-0.3, -0.25) is 0 Å². The minimum Gasteiger partial charge on any atom is -0.455 e. The first-order valence-electron chi connectivity index (χ1n) is 6.91. The minimum atomic E-state index is -0.329. The molecule has 4 heteroatoms. The van der Waals surface area contributed by atoms with Gasteiger partial charge in [0.1, 0.15) is 17.3 Å². The molecule has 0 aliphatic carbocycles. The standard InChI is InChI=1S/C17H19ClFNO/c1-11(2)20-10-13-5-7-16(15(18)8-13)21-17-9-14(19)6-4-12(17)3/h4-9,11,20H,10H2,1-3H3. The van der Waals surface area contributed by atoms with Crippen LogP contribution in [0.25, 0.3) is 0 Å². The van der Waals surface area contributed by atoms with Crippen molar-refractivity contribution < 1.29 is 9.13 Å². The van der Waals surface area contributed by atoms with Crippen molar-refractivity contribution in [2.24, 2.45) is 0 Å². The summed E-state index contributed by atoms with van der Waals surface area (Å²) in [6.07, 6.45) is 0. The Balaban J connectivity index is 2.15. The summed E-state index contributed by atoms with van der Waals surface area (Å²) in [5, 5.41) is 3.84. The number of rotatable bonds is 5. The highest BCUT2D eigenvalue weighted by Gasteiger charge is 2.08. The molecule has 21 heavy (non-hydrogen) atoms. The third kappa shape index (κ3) is 4.45. The van der Waals surface area contributed by atoms with Crippen molar-refractivity contribution in [1.82, 2.24) is 5.32 Å². The second kappa shape index (κ2) is 6.92. The zero-order valence-corrected chi connectivity index (χ0v) is 13.2. The molecule has 0 aromatic heterocycles. The van der Waals surface area contributed by atoms with Gasteiger partial charge in [-0.15, -0.1) is 0 Å². The van der Waals surface area contributed by atoms with Gasteiger partial charge in [0.05, 0.1) is 5.02 Å². The molecule has 0 aliphatic heterocycles. The predicted octanol–water partition coefficient (Wildman–Crippen LogP) is 5.08. The Bertz CT molecular complexity index is 628. The van der Waals surface area contributed by atoms with Gasteiger partial charge in [-0.05, 0) is 36.2 Å². The zero-order chi connectivity index (χ0) is 15.4. The number of benzene rings is 2. The molecular weight excluding hydrogens is 289 g/mol. The second-order valence-electron chi connectivity index (χ2n) is 5.31. The summed E-state index contributed by atoms with van der Waals surface area (Å²) in [7, 11) is 0. The van der Waals surface area contributed by atoms with Crippen LogP contribution in [-0.2, 0) is 6.54 Å². The Labute approximate surface area is 129 Å². The smallest absolute Gasteiger partial charge is 0.146 e. The molecule has 2 rings (SSSR count). The molecule has 0 amide bonds. The van der Waals surface area contributed by atoms with Crippen LogP contribution in [0.5, 0.6) is 11.5 Å². The highest BCUT2D eigenvalue weighted by molar-refractivity contribution is 6.32. The van der Waals surface area contributed by atoms with E-state index in [-0.39, 0.29) is 5.82 Å². The summed E-state index contributed by atoms with van der Waals surface area (Å²) in [6, 6.07) is 10.5. The van der Waals surface area contributed by atoms with Crippen molar-refractivity contribution in [1.29, 1.82) is 0 Å². The molecule has 0 saturated heterocycles. The maximum Gasteiger partial charge on any atom is 0.146 e. The molecular formula is C17H19ClFNO. The Kier molecular flexibility index (Phi) is 5.21. The van der Waals surface area contributed by atoms with Crippen LogP contribution in [-0.4, -0.2) is 6.04 Å². The van der Waals surface area contributed by atoms with Crippen molar-refractivity contribution in [3.05, 3.63) is 58.4 Å². The maximum atomic E-state index is 13.3. The summed E-state index contributed by atoms with van der Waals surface area (Å²) >= 11 is 6.24. The van der Waals surface area contributed by atoms with E-state index in [1.807, 2.05) is 25.1 Å². The molecule has 0 aliphatic rings. The lowest BCUT2D eigenvalue weighted by molar-refractivity contribution is 0.472. The summed E-state index contributed by atoms with van der Waals surface area (Å²) in [5.74, 6) is 0.674. The number of nitrogens with one attached hydrogen (secondary N) is 1. The van der Waals surface area contributed by atoms with Gasteiger partial charge in [-0.2, -0.15) is 0 Å². The van der Waals surface area contributed by atoms with E-state index in [0.29, 0.717) is 22.6 Å². The highest BCUT2D eigenvalue weighted by atomic mass is 35.5. The fourth-order valence-electron chi connectivity index (χ4n) is 1.86. The van der Waals surface area contributed by atoms with Crippen molar-refractivity contribution in [3.8, 4) is 11.5 Å². The summed E-state index contributed by atoms with van der Waals surface area (Å²) in [6.45, 7) is 6.79. The van der Waals surface area contributed by atoms with Crippen LogP contribution >= 0.6 is 11.6 Å². The van der Waals surface area contributed by atoms with Crippen LogP contribution in [0.1, 0.15) is 25.0 Å². The van der Waals surface area contributed by atoms with Gasteiger partial charge in [0.25, 0.3) is 0 Å². The molecule has 2 aromatic rings. The van der Waals surface area contributed by atoms with Gasteiger partial charge in [0.2, 0.25) is 0 Å². The molecule has 1 N–H and O–H groups in total. The molecule has 2 nitrogen and oxygen atoms in total. The topological polar surface area (TPSA) is 21.3 Å². The minimum absolute atomic E-state index is 0.329. The van der Waals surface area contributed by atoms with E-state index < -0.39 is 0 Å². The van der Waals surface area contributed by atoms with E-state index in [0.717, 1.165) is 17.7 Å². The fourth-order valence-corrected chi connectivity index (χ4v) is 2.10. The molecule has 0 atom stereocenters. The maximum absolute atomic E-state index is 13.3. The number of hydrogen-bond acceptors (Lipinski definition) is 2. The average Bonchev–Trinajstić information content (AvgIpc) is 2.43. The Hall–Kier alpha value is -1.58. The predicted molar refractivity (Wildman–Crippen MR) is 84.6 cm³/mol. The lowest BCUT2D eigenvalue weighted by atomic mass is 10.2. The lowest BCUT2D eigenvalue weighted by Crippen LogP contribution is -2.21. The van der Waals surface area contributed by atoms with E-state index in [1.165, 1.54) is 12.1 Å². The van der Waals surface area contributed by atoms with Crippen molar-refractivity contribution >= 4 is 11.6 Å². The van der Waals surface area contributed by atoms with Gasteiger partial charge in [-0.25, -0.2) is 4.39 Å². The Morgan fingerprint density at radius 3 is 2.57 bits per heavy atom. The number of aryl methyl sites for hydroxylation is 1. The third-order valence-electron chi connectivity index (χ3n) is 3.08. The fraction of sp³-hybridized carbons (Fsp3) is 0.294. The lowest BCUT2D eigenvalue weighted by Gasteiger charge is -2.12. The Morgan fingerprint density at radius 1 is 1.14 bits per heavy atom. The molecule has 0 unspecified atom stereocenters. The molecule has 0 fully saturated rings. The molecule has 0 bridgehead atoms. The first-order valence-corrected chi connectivity index (χ1v) is 7.29. The van der Waals surface area contributed by atoms with Gasteiger partial charge < -0.3 is 10.1 Å². The van der Waals surface area contributed by atoms with E-state index in [1.54, 1.807) is 6.07 Å². The molecule has 0 heterocycles. The molecule has 0 saturated carbocycles. The number of halogens is 2. The quantitative estimate of drug-likeness (QED) is 0.832.